The van der Waals surface area contributed by atoms with Crippen molar-refractivity contribution in [3.8, 4) is 0 Å². The summed E-state index contributed by atoms with van der Waals surface area (Å²) in [6, 6.07) is 5.23. The monoisotopic (exact) mass is 443 g/mol. The number of ether oxygens (including phenoxy) is 2. The Kier molecular flexibility index (Phi) is 10.1. The minimum atomic E-state index is -0.156. The molecule has 0 amide bonds. The van der Waals surface area contributed by atoms with Gasteiger partial charge >= 0.3 is 0 Å². The highest BCUT2D eigenvalue weighted by Gasteiger charge is 2.24. The van der Waals surface area contributed by atoms with Crippen molar-refractivity contribution >= 4 is 21.9 Å². The molecule has 1 aromatic rings. The van der Waals surface area contributed by atoms with Gasteiger partial charge in [-0.15, -0.1) is 0 Å². The fourth-order valence-corrected chi connectivity index (χ4v) is 3.49. The van der Waals surface area contributed by atoms with Gasteiger partial charge in [0.2, 0.25) is 0 Å². The average molecular weight is 444 g/mol. The summed E-state index contributed by atoms with van der Waals surface area (Å²) in [5, 5.41) is 3.37. The Labute approximate surface area is 170 Å². The molecule has 1 atom stereocenters. The molecular formula is C20H31BrFN3O2. The predicted molar refractivity (Wildman–Crippen MR) is 111 cm³/mol. The summed E-state index contributed by atoms with van der Waals surface area (Å²) in [7, 11) is 1.69. The number of methoxy groups -OCH3 is 1. The third-order valence-electron chi connectivity index (χ3n) is 4.59. The van der Waals surface area contributed by atoms with Crippen molar-refractivity contribution in [2.45, 2.75) is 26.2 Å². The molecule has 1 aliphatic heterocycles. The van der Waals surface area contributed by atoms with Crippen LogP contribution in [0.5, 0.6) is 0 Å². The van der Waals surface area contributed by atoms with E-state index in [1.54, 1.807) is 7.11 Å². The van der Waals surface area contributed by atoms with E-state index in [1.807, 2.05) is 12.1 Å². The highest BCUT2D eigenvalue weighted by Crippen LogP contribution is 2.18. The Hall–Kier alpha value is -1.18. The van der Waals surface area contributed by atoms with Gasteiger partial charge in [0.25, 0.3) is 0 Å². The second kappa shape index (κ2) is 12.3. The third-order valence-corrected chi connectivity index (χ3v) is 5.08. The molecule has 0 aliphatic carbocycles. The Balaban J connectivity index is 1.78. The van der Waals surface area contributed by atoms with Gasteiger partial charge in [-0.2, -0.15) is 0 Å². The minimum Gasteiger partial charge on any atom is -0.382 e. The lowest BCUT2D eigenvalue weighted by Crippen LogP contribution is -2.40. The first-order valence-electron chi connectivity index (χ1n) is 9.68. The Morgan fingerprint density at radius 3 is 3.00 bits per heavy atom. The van der Waals surface area contributed by atoms with E-state index in [1.165, 1.54) is 6.07 Å². The van der Waals surface area contributed by atoms with Gasteiger partial charge in [-0.05, 0) is 43.9 Å². The van der Waals surface area contributed by atoms with Gasteiger partial charge in [0.05, 0.1) is 19.8 Å². The van der Waals surface area contributed by atoms with Crippen LogP contribution in [0.2, 0.25) is 0 Å². The van der Waals surface area contributed by atoms with Crippen molar-refractivity contribution in [2.75, 3.05) is 53.1 Å². The first kappa shape index (κ1) is 22.1. The number of aliphatic imine (C=N–C) groups is 1. The van der Waals surface area contributed by atoms with Crippen molar-refractivity contribution in [2.24, 2.45) is 10.9 Å². The van der Waals surface area contributed by atoms with E-state index >= 15 is 0 Å². The highest BCUT2D eigenvalue weighted by atomic mass is 79.9. The molecule has 1 unspecified atom stereocenters. The fourth-order valence-electron chi connectivity index (χ4n) is 3.16. The molecule has 0 spiro atoms. The molecule has 0 aromatic heterocycles. The molecule has 1 aliphatic rings. The maximum atomic E-state index is 13.9. The SMILES string of the molecule is CCNC(=NCCCc1ccc(Br)cc1F)N1CCC(COCCOC)C1. The van der Waals surface area contributed by atoms with Crippen molar-refractivity contribution in [1.29, 1.82) is 0 Å². The Bertz CT molecular complexity index is 601. The molecule has 7 heteroatoms. The largest absolute Gasteiger partial charge is 0.382 e. The fraction of sp³-hybridized carbons (Fsp3) is 0.650. The number of likely N-dealkylation sites (tertiary alicyclic amines) is 1. The van der Waals surface area contributed by atoms with Gasteiger partial charge in [0, 0.05) is 43.7 Å². The van der Waals surface area contributed by atoms with Gasteiger partial charge in [-0.3, -0.25) is 4.99 Å². The number of rotatable bonds is 10. The lowest BCUT2D eigenvalue weighted by atomic mass is 10.1. The summed E-state index contributed by atoms with van der Waals surface area (Å²) >= 11 is 3.29. The van der Waals surface area contributed by atoms with Crippen LogP contribution in [-0.2, 0) is 15.9 Å². The molecule has 2 rings (SSSR count). The lowest BCUT2D eigenvalue weighted by Gasteiger charge is -2.21. The van der Waals surface area contributed by atoms with Crippen LogP contribution >= 0.6 is 15.9 Å². The highest BCUT2D eigenvalue weighted by molar-refractivity contribution is 9.10. The predicted octanol–water partition coefficient (Wildman–Crippen LogP) is 3.47. The zero-order valence-electron chi connectivity index (χ0n) is 16.3. The lowest BCUT2D eigenvalue weighted by molar-refractivity contribution is 0.0536. The summed E-state index contributed by atoms with van der Waals surface area (Å²) < 4.78 is 25.3. The van der Waals surface area contributed by atoms with Crippen LogP contribution in [-0.4, -0.2) is 64.0 Å². The van der Waals surface area contributed by atoms with Crippen LogP contribution in [0, 0.1) is 11.7 Å². The van der Waals surface area contributed by atoms with E-state index < -0.39 is 0 Å². The summed E-state index contributed by atoms with van der Waals surface area (Å²) in [6.07, 6.45) is 2.63. The number of hydrogen-bond acceptors (Lipinski definition) is 3. The maximum Gasteiger partial charge on any atom is 0.193 e. The summed E-state index contributed by atoms with van der Waals surface area (Å²) in [4.78, 5) is 7.04. The van der Waals surface area contributed by atoms with Gasteiger partial charge in [0.1, 0.15) is 5.82 Å². The maximum absolute atomic E-state index is 13.9. The van der Waals surface area contributed by atoms with Crippen LogP contribution in [0.4, 0.5) is 4.39 Å². The number of halogens is 2. The number of hydrogen-bond donors (Lipinski definition) is 1. The molecule has 1 heterocycles. The molecule has 0 saturated carbocycles. The quantitative estimate of drug-likeness (QED) is 0.341. The van der Waals surface area contributed by atoms with Gasteiger partial charge in [-0.25, -0.2) is 4.39 Å². The van der Waals surface area contributed by atoms with Crippen LogP contribution in [0.25, 0.3) is 0 Å². The van der Waals surface area contributed by atoms with Crippen molar-refractivity contribution in [3.05, 3.63) is 34.1 Å². The summed E-state index contributed by atoms with van der Waals surface area (Å²) in [5.74, 6) is 1.33. The smallest absolute Gasteiger partial charge is 0.193 e. The van der Waals surface area contributed by atoms with E-state index in [0.29, 0.717) is 32.1 Å². The molecule has 1 fully saturated rings. The molecular weight excluding hydrogens is 413 g/mol. The first-order valence-corrected chi connectivity index (χ1v) is 10.5. The molecule has 27 heavy (non-hydrogen) atoms. The molecule has 1 saturated heterocycles. The molecule has 5 nitrogen and oxygen atoms in total. The summed E-state index contributed by atoms with van der Waals surface area (Å²) in [6.45, 7) is 7.60. The normalized spacial score (nSPS) is 17.6. The van der Waals surface area contributed by atoms with Crippen molar-refractivity contribution in [1.82, 2.24) is 10.2 Å². The Morgan fingerprint density at radius 2 is 2.26 bits per heavy atom. The number of nitrogens with zero attached hydrogens (tertiary/aromatic N) is 2. The minimum absolute atomic E-state index is 0.156. The van der Waals surface area contributed by atoms with Crippen LogP contribution in [0.3, 0.4) is 0 Å². The first-order chi connectivity index (χ1) is 13.1. The second-order valence-corrected chi connectivity index (χ2v) is 7.66. The molecule has 0 radical (unpaired) electrons. The number of aryl methyl sites for hydroxylation is 1. The van der Waals surface area contributed by atoms with Gasteiger partial charge in [0.15, 0.2) is 5.96 Å². The number of nitrogens with one attached hydrogen (secondary N) is 1. The van der Waals surface area contributed by atoms with Crippen molar-refractivity contribution < 1.29 is 13.9 Å². The Morgan fingerprint density at radius 1 is 1.41 bits per heavy atom. The second-order valence-electron chi connectivity index (χ2n) is 6.74. The van der Waals surface area contributed by atoms with Gasteiger partial charge < -0.3 is 19.7 Å². The van der Waals surface area contributed by atoms with Crippen LogP contribution in [0.15, 0.2) is 27.7 Å². The number of guanidine groups is 1. The molecule has 1 aromatic carbocycles. The standard InChI is InChI=1S/C20H31BrFN3O2/c1-3-23-20(25-10-8-16(14-25)15-27-12-11-26-2)24-9-4-5-17-6-7-18(21)13-19(17)22/h6-7,13,16H,3-5,8-12,14-15H2,1-2H3,(H,23,24). The van der Waals surface area contributed by atoms with E-state index in [4.69, 9.17) is 14.5 Å². The topological polar surface area (TPSA) is 46.1 Å². The van der Waals surface area contributed by atoms with Crippen LogP contribution in [0.1, 0.15) is 25.3 Å². The third kappa shape index (κ3) is 7.76. The average Bonchev–Trinajstić information content (AvgIpc) is 3.11. The zero-order valence-corrected chi connectivity index (χ0v) is 17.9. The number of benzene rings is 1. The summed E-state index contributed by atoms with van der Waals surface area (Å²) in [5.41, 5.74) is 0.743. The van der Waals surface area contributed by atoms with E-state index in [0.717, 1.165) is 55.1 Å². The molecule has 1 N–H and O–H groups in total. The molecule has 152 valence electrons. The van der Waals surface area contributed by atoms with E-state index in [2.05, 4.69) is 33.1 Å². The van der Waals surface area contributed by atoms with Gasteiger partial charge in [-0.1, -0.05) is 22.0 Å². The van der Waals surface area contributed by atoms with Crippen LogP contribution < -0.4 is 5.32 Å². The van der Waals surface area contributed by atoms with Crippen molar-refractivity contribution in [3.63, 3.8) is 0 Å². The zero-order chi connectivity index (χ0) is 19.5. The molecule has 0 bridgehead atoms. The van der Waals surface area contributed by atoms with E-state index in [-0.39, 0.29) is 5.82 Å². The van der Waals surface area contributed by atoms with E-state index in [9.17, 15) is 4.39 Å².